The van der Waals surface area contributed by atoms with Crippen LogP contribution >= 0.6 is 0 Å². The predicted octanol–water partition coefficient (Wildman–Crippen LogP) is 1.75. The standard InChI is InChI=1S/C18H29N3O3/c1-4-9-24-16-8-6-5-7-14(16)15(10-13(2)3)21-18(23)12-20-17(22)11-19/h5-8,13,15H,4,9-12,19H2,1-3H3,(H,20,22)(H,21,23). The van der Waals surface area contributed by atoms with Crippen molar-refractivity contribution in [2.24, 2.45) is 11.7 Å². The van der Waals surface area contributed by atoms with Gasteiger partial charge in [0.1, 0.15) is 5.75 Å². The van der Waals surface area contributed by atoms with Crippen molar-refractivity contribution in [3.05, 3.63) is 29.8 Å². The summed E-state index contributed by atoms with van der Waals surface area (Å²) in [6.07, 6.45) is 1.70. The summed E-state index contributed by atoms with van der Waals surface area (Å²) in [7, 11) is 0. The lowest BCUT2D eigenvalue weighted by Crippen LogP contribution is -2.41. The highest BCUT2D eigenvalue weighted by atomic mass is 16.5. The summed E-state index contributed by atoms with van der Waals surface area (Å²) >= 11 is 0. The molecule has 1 rings (SSSR count). The van der Waals surface area contributed by atoms with Gasteiger partial charge in [-0.25, -0.2) is 0 Å². The molecule has 4 N–H and O–H groups in total. The first kappa shape index (κ1) is 20.0. The van der Waals surface area contributed by atoms with Crippen LogP contribution in [0.5, 0.6) is 5.75 Å². The first-order valence-corrected chi connectivity index (χ1v) is 8.45. The molecule has 0 aromatic heterocycles. The Morgan fingerprint density at radius 2 is 1.92 bits per heavy atom. The number of carbonyl (C=O) groups excluding carboxylic acids is 2. The Bertz CT molecular complexity index is 532. The first-order valence-electron chi connectivity index (χ1n) is 8.45. The van der Waals surface area contributed by atoms with Gasteiger partial charge in [-0.1, -0.05) is 39.0 Å². The summed E-state index contributed by atoms with van der Waals surface area (Å²) in [4.78, 5) is 23.3. The van der Waals surface area contributed by atoms with Crippen molar-refractivity contribution in [3.8, 4) is 5.75 Å². The molecule has 0 heterocycles. The highest BCUT2D eigenvalue weighted by molar-refractivity contribution is 5.85. The number of para-hydroxylation sites is 1. The summed E-state index contributed by atoms with van der Waals surface area (Å²) in [6, 6.07) is 7.58. The number of benzene rings is 1. The molecule has 0 radical (unpaired) electrons. The van der Waals surface area contributed by atoms with Gasteiger partial charge in [-0.2, -0.15) is 0 Å². The lowest BCUT2D eigenvalue weighted by atomic mass is 9.96. The lowest BCUT2D eigenvalue weighted by molar-refractivity contribution is -0.125. The van der Waals surface area contributed by atoms with Crippen LogP contribution in [0.15, 0.2) is 24.3 Å². The van der Waals surface area contributed by atoms with Crippen LogP contribution in [0.25, 0.3) is 0 Å². The Morgan fingerprint density at radius 1 is 1.21 bits per heavy atom. The van der Waals surface area contributed by atoms with Crippen LogP contribution in [-0.4, -0.2) is 31.5 Å². The summed E-state index contributed by atoms with van der Waals surface area (Å²) in [5.41, 5.74) is 6.18. The fourth-order valence-corrected chi connectivity index (χ4v) is 2.34. The van der Waals surface area contributed by atoms with E-state index in [1.54, 1.807) is 0 Å². The van der Waals surface area contributed by atoms with Gasteiger partial charge in [0.25, 0.3) is 0 Å². The molecule has 1 aromatic rings. The van der Waals surface area contributed by atoms with Crippen molar-refractivity contribution in [3.63, 3.8) is 0 Å². The molecule has 6 nitrogen and oxygen atoms in total. The van der Waals surface area contributed by atoms with Crippen molar-refractivity contribution in [1.82, 2.24) is 10.6 Å². The average molecular weight is 335 g/mol. The summed E-state index contributed by atoms with van der Waals surface area (Å²) < 4.78 is 5.81. The van der Waals surface area contributed by atoms with Gasteiger partial charge in [0, 0.05) is 5.56 Å². The average Bonchev–Trinajstić information content (AvgIpc) is 2.57. The first-order chi connectivity index (χ1) is 11.5. The highest BCUT2D eigenvalue weighted by Crippen LogP contribution is 2.29. The maximum absolute atomic E-state index is 12.1. The van der Waals surface area contributed by atoms with E-state index >= 15 is 0 Å². The van der Waals surface area contributed by atoms with Gasteiger partial charge in [0.2, 0.25) is 11.8 Å². The second kappa shape index (κ2) is 10.6. The van der Waals surface area contributed by atoms with E-state index in [1.807, 2.05) is 24.3 Å². The second-order valence-corrected chi connectivity index (χ2v) is 6.12. The fraction of sp³-hybridized carbons (Fsp3) is 0.556. The normalized spacial score (nSPS) is 11.9. The molecule has 0 spiro atoms. The maximum Gasteiger partial charge on any atom is 0.239 e. The number of hydrogen-bond acceptors (Lipinski definition) is 4. The molecule has 0 aliphatic carbocycles. The van der Waals surface area contributed by atoms with Gasteiger partial charge in [-0.15, -0.1) is 0 Å². The molecule has 1 aromatic carbocycles. The van der Waals surface area contributed by atoms with Crippen LogP contribution in [0, 0.1) is 5.92 Å². The molecule has 0 saturated carbocycles. The Morgan fingerprint density at radius 3 is 2.54 bits per heavy atom. The molecular formula is C18H29N3O3. The fourth-order valence-electron chi connectivity index (χ4n) is 2.34. The summed E-state index contributed by atoms with van der Waals surface area (Å²) in [5, 5.41) is 5.47. The molecule has 134 valence electrons. The van der Waals surface area contributed by atoms with E-state index in [1.165, 1.54) is 0 Å². The minimum atomic E-state index is -0.350. The second-order valence-electron chi connectivity index (χ2n) is 6.12. The zero-order valence-corrected chi connectivity index (χ0v) is 14.8. The Balaban J connectivity index is 2.85. The van der Waals surface area contributed by atoms with Crippen molar-refractivity contribution in [2.75, 3.05) is 19.7 Å². The van der Waals surface area contributed by atoms with E-state index in [9.17, 15) is 9.59 Å². The number of ether oxygens (including phenoxy) is 1. The third-order valence-corrected chi connectivity index (χ3v) is 3.43. The molecule has 1 unspecified atom stereocenters. The van der Waals surface area contributed by atoms with E-state index in [4.69, 9.17) is 10.5 Å². The molecule has 24 heavy (non-hydrogen) atoms. The zero-order valence-electron chi connectivity index (χ0n) is 14.8. The van der Waals surface area contributed by atoms with E-state index in [0.717, 1.165) is 24.2 Å². The van der Waals surface area contributed by atoms with Gasteiger partial charge in [-0.3, -0.25) is 9.59 Å². The van der Waals surface area contributed by atoms with Crippen molar-refractivity contribution in [2.45, 2.75) is 39.7 Å². The summed E-state index contributed by atoms with van der Waals surface area (Å²) in [5.74, 6) is 0.592. The van der Waals surface area contributed by atoms with E-state index < -0.39 is 0 Å². The van der Waals surface area contributed by atoms with E-state index in [0.29, 0.717) is 12.5 Å². The number of hydrogen-bond donors (Lipinski definition) is 3. The van der Waals surface area contributed by atoms with Crippen molar-refractivity contribution in [1.29, 1.82) is 0 Å². The number of nitrogens with two attached hydrogens (primary N) is 1. The SMILES string of the molecule is CCCOc1ccccc1C(CC(C)C)NC(=O)CNC(=O)CN. The number of rotatable bonds is 10. The Kier molecular flexibility index (Phi) is 8.86. The predicted molar refractivity (Wildman–Crippen MR) is 94.6 cm³/mol. The molecule has 0 fully saturated rings. The summed E-state index contributed by atoms with van der Waals surface area (Å²) in [6.45, 7) is 6.68. The highest BCUT2D eigenvalue weighted by Gasteiger charge is 2.20. The molecule has 6 heteroatoms. The smallest absolute Gasteiger partial charge is 0.239 e. The van der Waals surface area contributed by atoms with Gasteiger partial charge in [0.15, 0.2) is 0 Å². The van der Waals surface area contributed by atoms with Crippen LogP contribution < -0.4 is 21.1 Å². The number of carbonyl (C=O) groups is 2. The quantitative estimate of drug-likeness (QED) is 0.607. The number of amides is 2. The van der Waals surface area contributed by atoms with Crippen LogP contribution in [0.1, 0.15) is 45.2 Å². The van der Waals surface area contributed by atoms with Crippen LogP contribution in [-0.2, 0) is 9.59 Å². The van der Waals surface area contributed by atoms with E-state index in [-0.39, 0.29) is 30.9 Å². The lowest BCUT2D eigenvalue weighted by Gasteiger charge is -2.23. The monoisotopic (exact) mass is 335 g/mol. The molecule has 0 bridgehead atoms. The Hall–Kier alpha value is -2.08. The Labute approximate surface area is 144 Å². The third-order valence-electron chi connectivity index (χ3n) is 3.43. The maximum atomic E-state index is 12.1. The van der Waals surface area contributed by atoms with Crippen LogP contribution in [0.2, 0.25) is 0 Å². The van der Waals surface area contributed by atoms with Gasteiger partial charge in [-0.05, 0) is 24.8 Å². The van der Waals surface area contributed by atoms with Crippen LogP contribution in [0.4, 0.5) is 0 Å². The van der Waals surface area contributed by atoms with Crippen molar-refractivity contribution >= 4 is 11.8 Å². The molecule has 0 saturated heterocycles. The molecule has 1 atom stereocenters. The van der Waals surface area contributed by atoms with E-state index in [2.05, 4.69) is 31.4 Å². The van der Waals surface area contributed by atoms with Gasteiger partial charge in [0.05, 0.1) is 25.7 Å². The topological polar surface area (TPSA) is 93.5 Å². The minimum Gasteiger partial charge on any atom is -0.493 e. The number of nitrogens with one attached hydrogen (secondary N) is 2. The van der Waals surface area contributed by atoms with Gasteiger partial charge < -0.3 is 21.1 Å². The minimum absolute atomic E-state index is 0.0807. The largest absolute Gasteiger partial charge is 0.493 e. The molecular weight excluding hydrogens is 306 g/mol. The van der Waals surface area contributed by atoms with Gasteiger partial charge >= 0.3 is 0 Å². The molecule has 0 aliphatic heterocycles. The third kappa shape index (κ3) is 7.00. The van der Waals surface area contributed by atoms with Crippen LogP contribution in [0.3, 0.4) is 0 Å². The molecule has 2 amide bonds. The molecule has 0 aliphatic rings. The van der Waals surface area contributed by atoms with Crippen molar-refractivity contribution < 1.29 is 14.3 Å². The zero-order chi connectivity index (χ0) is 17.9.